The Hall–Kier alpha value is -1.62. The summed E-state index contributed by atoms with van der Waals surface area (Å²) in [6, 6.07) is 1.80. The molecule has 1 atom stereocenters. The second-order valence-electron chi connectivity index (χ2n) is 4.34. The zero-order chi connectivity index (χ0) is 13.7. The number of anilines is 1. The van der Waals surface area contributed by atoms with Crippen molar-refractivity contribution in [3.63, 3.8) is 0 Å². The minimum absolute atomic E-state index is 0.0642. The number of hydrogen-bond acceptors (Lipinski definition) is 4. The van der Waals surface area contributed by atoms with Crippen LogP contribution in [0.3, 0.4) is 0 Å². The van der Waals surface area contributed by atoms with Crippen LogP contribution in [0.15, 0.2) is 6.07 Å². The van der Waals surface area contributed by atoms with Crippen LogP contribution in [0.5, 0.6) is 0 Å². The normalized spacial score (nSPS) is 12.2. The Labute approximate surface area is 107 Å². The maximum absolute atomic E-state index is 11.3. The maximum atomic E-state index is 11.3. The molecule has 0 bridgehead atoms. The predicted octanol–water partition coefficient (Wildman–Crippen LogP) is 1.97. The fourth-order valence-corrected chi connectivity index (χ4v) is 1.97. The Balaban J connectivity index is 3.09. The molecule has 100 valence electrons. The van der Waals surface area contributed by atoms with E-state index in [0.29, 0.717) is 17.8 Å². The largest absolute Gasteiger partial charge is 0.478 e. The van der Waals surface area contributed by atoms with Crippen LogP contribution in [0.2, 0.25) is 0 Å². The van der Waals surface area contributed by atoms with Crippen LogP contribution in [0, 0.1) is 13.8 Å². The van der Waals surface area contributed by atoms with Crippen LogP contribution in [0.1, 0.15) is 41.5 Å². The molecular weight excluding hydrogens is 232 g/mol. The molecule has 1 unspecified atom stereocenters. The van der Waals surface area contributed by atoms with Gasteiger partial charge in [0, 0.05) is 18.3 Å². The van der Waals surface area contributed by atoms with Gasteiger partial charge < -0.3 is 15.5 Å². The van der Waals surface area contributed by atoms with Gasteiger partial charge in [-0.1, -0.05) is 6.92 Å². The first-order valence-corrected chi connectivity index (χ1v) is 6.08. The molecule has 0 amide bonds. The number of aromatic carboxylic acids is 1. The van der Waals surface area contributed by atoms with Crippen LogP contribution in [-0.4, -0.2) is 33.8 Å². The number of hydrogen-bond donors (Lipinski definition) is 3. The second-order valence-corrected chi connectivity index (χ2v) is 4.34. The minimum Gasteiger partial charge on any atom is -0.478 e. The quantitative estimate of drug-likeness (QED) is 0.721. The number of aliphatic hydroxyl groups excluding tert-OH is 1. The molecule has 0 saturated heterocycles. The van der Waals surface area contributed by atoms with E-state index in [2.05, 4.69) is 10.3 Å². The molecule has 1 aromatic rings. The Morgan fingerprint density at radius 1 is 1.50 bits per heavy atom. The SMILES string of the molecule is CCC(CCO)Nc1cc(C)nc(C)c1C(=O)O. The zero-order valence-electron chi connectivity index (χ0n) is 11.0. The van der Waals surface area contributed by atoms with E-state index in [4.69, 9.17) is 5.11 Å². The molecule has 0 aliphatic carbocycles. The van der Waals surface area contributed by atoms with Gasteiger partial charge in [-0.2, -0.15) is 0 Å². The van der Waals surface area contributed by atoms with Crippen LogP contribution in [0.25, 0.3) is 0 Å². The van der Waals surface area contributed by atoms with E-state index in [9.17, 15) is 9.90 Å². The summed E-state index contributed by atoms with van der Waals surface area (Å²) >= 11 is 0. The first kappa shape index (κ1) is 14.4. The Morgan fingerprint density at radius 3 is 2.67 bits per heavy atom. The summed E-state index contributed by atoms with van der Waals surface area (Å²) in [4.78, 5) is 15.4. The Kier molecular flexibility index (Phi) is 5.09. The molecule has 0 saturated carbocycles. The van der Waals surface area contributed by atoms with E-state index in [0.717, 1.165) is 12.1 Å². The molecule has 0 fully saturated rings. The van der Waals surface area contributed by atoms with Gasteiger partial charge in [0.05, 0.1) is 11.4 Å². The number of pyridine rings is 1. The van der Waals surface area contributed by atoms with Gasteiger partial charge in [-0.25, -0.2) is 4.79 Å². The second kappa shape index (κ2) is 6.35. The molecule has 1 rings (SSSR count). The van der Waals surface area contributed by atoms with Gasteiger partial charge in [0.2, 0.25) is 0 Å². The van der Waals surface area contributed by atoms with Crippen molar-refractivity contribution in [2.75, 3.05) is 11.9 Å². The molecule has 1 heterocycles. The molecule has 5 nitrogen and oxygen atoms in total. The van der Waals surface area contributed by atoms with Crippen molar-refractivity contribution in [1.82, 2.24) is 4.98 Å². The molecular formula is C13H20N2O3. The van der Waals surface area contributed by atoms with Crippen molar-refractivity contribution in [2.24, 2.45) is 0 Å². The number of aryl methyl sites for hydroxylation is 2. The lowest BCUT2D eigenvalue weighted by molar-refractivity contribution is 0.0696. The fraction of sp³-hybridized carbons (Fsp3) is 0.538. The number of carbonyl (C=O) groups is 1. The van der Waals surface area contributed by atoms with E-state index in [1.165, 1.54) is 0 Å². The lowest BCUT2D eigenvalue weighted by atomic mass is 10.1. The molecule has 0 spiro atoms. The van der Waals surface area contributed by atoms with Gasteiger partial charge in [-0.05, 0) is 32.8 Å². The molecule has 0 aromatic carbocycles. The van der Waals surface area contributed by atoms with Gasteiger partial charge >= 0.3 is 5.97 Å². The van der Waals surface area contributed by atoms with Crippen molar-refractivity contribution in [1.29, 1.82) is 0 Å². The van der Waals surface area contributed by atoms with E-state index < -0.39 is 5.97 Å². The minimum atomic E-state index is -0.985. The van der Waals surface area contributed by atoms with Gasteiger partial charge in [0.25, 0.3) is 0 Å². The lowest BCUT2D eigenvalue weighted by Crippen LogP contribution is -2.22. The number of nitrogens with zero attached hydrogens (tertiary/aromatic N) is 1. The highest BCUT2D eigenvalue weighted by Gasteiger charge is 2.17. The summed E-state index contributed by atoms with van der Waals surface area (Å²) in [5, 5.41) is 21.4. The third-order valence-corrected chi connectivity index (χ3v) is 2.87. The third kappa shape index (κ3) is 3.43. The standard InChI is InChI=1S/C13H20N2O3/c1-4-10(5-6-16)15-11-7-8(2)14-9(3)12(11)13(17)18/h7,10,16H,4-6H2,1-3H3,(H,14,15)(H,17,18). The summed E-state index contributed by atoms with van der Waals surface area (Å²) in [6.45, 7) is 5.59. The number of carboxylic acid groups (broad SMARTS) is 1. The first-order valence-electron chi connectivity index (χ1n) is 6.08. The molecule has 1 aromatic heterocycles. The Morgan fingerprint density at radius 2 is 2.17 bits per heavy atom. The van der Waals surface area contributed by atoms with Crippen molar-refractivity contribution in [2.45, 2.75) is 39.7 Å². The third-order valence-electron chi connectivity index (χ3n) is 2.87. The average Bonchev–Trinajstić information content (AvgIpc) is 2.26. The summed E-state index contributed by atoms with van der Waals surface area (Å²) in [5.41, 5.74) is 2.06. The summed E-state index contributed by atoms with van der Waals surface area (Å²) in [6.07, 6.45) is 1.41. The van der Waals surface area contributed by atoms with Gasteiger partial charge in [-0.15, -0.1) is 0 Å². The number of carboxylic acids is 1. The lowest BCUT2D eigenvalue weighted by Gasteiger charge is -2.19. The number of nitrogens with one attached hydrogen (secondary N) is 1. The molecule has 0 aliphatic heterocycles. The highest BCUT2D eigenvalue weighted by Crippen LogP contribution is 2.21. The monoisotopic (exact) mass is 252 g/mol. The van der Waals surface area contributed by atoms with Crippen LogP contribution < -0.4 is 5.32 Å². The molecule has 18 heavy (non-hydrogen) atoms. The summed E-state index contributed by atoms with van der Waals surface area (Å²) in [7, 11) is 0. The van der Waals surface area contributed by atoms with Crippen LogP contribution >= 0.6 is 0 Å². The smallest absolute Gasteiger partial charge is 0.339 e. The van der Waals surface area contributed by atoms with Crippen molar-refractivity contribution < 1.29 is 15.0 Å². The average molecular weight is 252 g/mol. The first-order chi connectivity index (χ1) is 8.49. The maximum Gasteiger partial charge on any atom is 0.339 e. The van der Waals surface area contributed by atoms with E-state index in [1.54, 1.807) is 13.0 Å². The number of aromatic nitrogens is 1. The van der Waals surface area contributed by atoms with Gasteiger partial charge in [0.15, 0.2) is 0 Å². The van der Waals surface area contributed by atoms with Crippen molar-refractivity contribution >= 4 is 11.7 Å². The summed E-state index contributed by atoms with van der Waals surface area (Å²) < 4.78 is 0. The van der Waals surface area contributed by atoms with Crippen molar-refractivity contribution in [3.05, 3.63) is 23.0 Å². The molecule has 0 radical (unpaired) electrons. The van der Waals surface area contributed by atoms with Gasteiger partial charge in [-0.3, -0.25) is 4.98 Å². The van der Waals surface area contributed by atoms with Crippen LogP contribution in [0.4, 0.5) is 5.69 Å². The highest BCUT2D eigenvalue weighted by molar-refractivity contribution is 5.95. The Bertz CT molecular complexity index is 432. The number of rotatable bonds is 6. The van der Waals surface area contributed by atoms with E-state index >= 15 is 0 Å². The molecule has 5 heteroatoms. The topological polar surface area (TPSA) is 82.5 Å². The predicted molar refractivity (Wildman–Crippen MR) is 70.1 cm³/mol. The van der Waals surface area contributed by atoms with E-state index in [-0.39, 0.29) is 18.2 Å². The van der Waals surface area contributed by atoms with Crippen molar-refractivity contribution in [3.8, 4) is 0 Å². The van der Waals surface area contributed by atoms with E-state index in [1.807, 2.05) is 13.8 Å². The number of aliphatic hydroxyl groups is 1. The zero-order valence-corrected chi connectivity index (χ0v) is 11.0. The molecule has 3 N–H and O–H groups in total. The fourth-order valence-electron chi connectivity index (χ4n) is 1.97. The molecule has 0 aliphatic rings. The van der Waals surface area contributed by atoms with Crippen LogP contribution in [-0.2, 0) is 0 Å². The van der Waals surface area contributed by atoms with Gasteiger partial charge in [0.1, 0.15) is 5.56 Å². The highest BCUT2D eigenvalue weighted by atomic mass is 16.4. The summed E-state index contributed by atoms with van der Waals surface area (Å²) in [5.74, 6) is -0.985.